The molecule has 0 radical (unpaired) electrons. The molecule has 9 heteroatoms. The lowest BCUT2D eigenvalue weighted by Crippen LogP contribution is -2.43. The standard InChI is InChI=1S/C15H22ClF3N4O/c1-10-12(16)13(15(17,18)19)22-23(10)9-5-8-20-14(24)21-11-6-3-2-4-7-11/h11H,2-9H2,1H3,(H2,20,21,24). The Kier molecular flexibility index (Phi) is 6.37. The number of nitrogens with zero attached hydrogens (tertiary/aromatic N) is 2. The summed E-state index contributed by atoms with van der Waals surface area (Å²) in [6.45, 7) is 2.11. The first-order valence-electron chi connectivity index (χ1n) is 8.13. The summed E-state index contributed by atoms with van der Waals surface area (Å²) in [5.41, 5.74) is -0.791. The van der Waals surface area contributed by atoms with Gasteiger partial charge in [-0.3, -0.25) is 4.68 Å². The van der Waals surface area contributed by atoms with Crippen molar-refractivity contribution in [2.24, 2.45) is 0 Å². The van der Waals surface area contributed by atoms with Crippen LogP contribution in [0.15, 0.2) is 0 Å². The number of halogens is 4. The second kappa shape index (κ2) is 8.09. The smallest absolute Gasteiger partial charge is 0.338 e. The fourth-order valence-corrected chi connectivity index (χ4v) is 3.08. The summed E-state index contributed by atoms with van der Waals surface area (Å²) in [5.74, 6) is 0. The van der Waals surface area contributed by atoms with Gasteiger partial charge in [0.25, 0.3) is 0 Å². The van der Waals surface area contributed by atoms with Crippen molar-refractivity contribution >= 4 is 17.6 Å². The minimum Gasteiger partial charge on any atom is -0.338 e. The fraction of sp³-hybridized carbons (Fsp3) is 0.733. The highest BCUT2D eigenvalue weighted by molar-refractivity contribution is 6.31. The number of nitrogens with one attached hydrogen (secondary N) is 2. The van der Waals surface area contributed by atoms with Crippen LogP contribution >= 0.6 is 11.6 Å². The van der Waals surface area contributed by atoms with Crippen LogP contribution in [-0.4, -0.2) is 28.4 Å². The minimum atomic E-state index is -4.56. The average molecular weight is 367 g/mol. The molecule has 2 amide bonds. The zero-order chi connectivity index (χ0) is 17.7. The lowest BCUT2D eigenvalue weighted by atomic mass is 9.96. The lowest BCUT2D eigenvalue weighted by molar-refractivity contribution is -0.141. The second-order valence-electron chi connectivity index (χ2n) is 6.06. The van der Waals surface area contributed by atoms with Gasteiger partial charge in [-0.2, -0.15) is 18.3 Å². The molecule has 0 unspecified atom stereocenters. The molecular weight excluding hydrogens is 345 g/mol. The van der Waals surface area contributed by atoms with E-state index in [1.54, 1.807) is 0 Å². The van der Waals surface area contributed by atoms with Crippen LogP contribution in [-0.2, 0) is 12.7 Å². The van der Waals surface area contributed by atoms with E-state index >= 15 is 0 Å². The van der Waals surface area contributed by atoms with Gasteiger partial charge in [0, 0.05) is 19.1 Å². The zero-order valence-electron chi connectivity index (χ0n) is 13.5. The van der Waals surface area contributed by atoms with Gasteiger partial charge < -0.3 is 10.6 Å². The molecule has 1 aliphatic carbocycles. The van der Waals surface area contributed by atoms with E-state index in [1.807, 2.05) is 0 Å². The van der Waals surface area contributed by atoms with E-state index in [-0.39, 0.29) is 29.3 Å². The summed E-state index contributed by atoms with van der Waals surface area (Å²) in [4.78, 5) is 11.8. The summed E-state index contributed by atoms with van der Waals surface area (Å²) >= 11 is 5.69. The van der Waals surface area contributed by atoms with Gasteiger partial charge in [0.1, 0.15) is 0 Å². The van der Waals surface area contributed by atoms with Gasteiger partial charge in [0.05, 0.1) is 10.7 Å². The van der Waals surface area contributed by atoms with Gasteiger partial charge in [-0.05, 0) is 26.2 Å². The van der Waals surface area contributed by atoms with Gasteiger partial charge in [-0.1, -0.05) is 30.9 Å². The Labute approximate surface area is 143 Å². The predicted octanol–water partition coefficient (Wildman–Crippen LogP) is 3.89. The first kappa shape index (κ1) is 18.9. The number of urea groups is 1. The monoisotopic (exact) mass is 366 g/mol. The Hall–Kier alpha value is -1.44. The molecule has 1 aromatic heterocycles. The molecule has 0 bridgehead atoms. The van der Waals surface area contributed by atoms with E-state index in [0.717, 1.165) is 25.7 Å². The quantitative estimate of drug-likeness (QED) is 0.777. The largest absolute Gasteiger partial charge is 0.436 e. The van der Waals surface area contributed by atoms with Gasteiger partial charge >= 0.3 is 12.2 Å². The average Bonchev–Trinajstić information content (AvgIpc) is 2.81. The fourth-order valence-electron chi connectivity index (χ4n) is 2.84. The zero-order valence-corrected chi connectivity index (χ0v) is 14.3. The molecule has 136 valence electrons. The highest BCUT2D eigenvalue weighted by atomic mass is 35.5. The number of hydrogen-bond donors (Lipinski definition) is 2. The number of amides is 2. The van der Waals surface area contributed by atoms with Crippen molar-refractivity contribution < 1.29 is 18.0 Å². The van der Waals surface area contributed by atoms with Crippen LogP contribution in [0.2, 0.25) is 5.02 Å². The molecule has 0 spiro atoms. The predicted molar refractivity (Wildman–Crippen MR) is 85.0 cm³/mol. The van der Waals surface area contributed by atoms with Crippen molar-refractivity contribution in [2.75, 3.05) is 6.54 Å². The normalized spacial score (nSPS) is 16.2. The van der Waals surface area contributed by atoms with Crippen molar-refractivity contribution in [1.29, 1.82) is 0 Å². The van der Waals surface area contributed by atoms with Crippen LogP contribution < -0.4 is 10.6 Å². The minimum absolute atomic E-state index is 0.222. The SMILES string of the molecule is Cc1c(Cl)c(C(F)(F)F)nn1CCCNC(=O)NC1CCCCC1. The van der Waals surface area contributed by atoms with Crippen molar-refractivity contribution in [3.63, 3.8) is 0 Å². The van der Waals surface area contributed by atoms with Gasteiger partial charge in [0.15, 0.2) is 5.69 Å². The number of aryl methyl sites for hydroxylation is 1. The Morgan fingerprint density at radius 1 is 1.33 bits per heavy atom. The van der Waals surface area contributed by atoms with Crippen LogP contribution in [0.25, 0.3) is 0 Å². The third-order valence-electron chi connectivity index (χ3n) is 4.17. The Bertz CT molecular complexity index is 568. The summed E-state index contributed by atoms with van der Waals surface area (Å²) in [5, 5.41) is 8.80. The molecular formula is C15H22ClF3N4O. The van der Waals surface area contributed by atoms with E-state index in [1.165, 1.54) is 18.0 Å². The molecule has 0 aromatic carbocycles. The molecule has 0 aliphatic heterocycles. The Morgan fingerprint density at radius 3 is 2.58 bits per heavy atom. The van der Waals surface area contributed by atoms with E-state index in [9.17, 15) is 18.0 Å². The third kappa shape index (κ3) is 5.03. The molecule has 2 rings (SSSR count). The van der Waals surface area contributed by atoms with E-state index in [4.69, 9.17) is 11.6 Å². The maximum absolute atomic E-state index is 12.7. The van der Waals surface area contributed by atoms with Crippen LogP contribution in [0.5, 0.6) is 0 Å². The molecule has 5 nitrogen and oxygen atoms in total. The summed E-state index contributed by atoms with van der Waals surface area (Å²) in [6, 6.07) is -0.00615. The summed E-state index contributed by atoms with van der Waals surface area (Å²) < 4.78 is 39.4. The molecule has 1 aromatic rings. The molecule has 1 aliphatic rings. The first-order valence-corrected chi connectivity index (χ1v) is 8.51. The topological polar surface area (TPSA) is 59.0 Å². The molecule has 2 N–H and O–H groups in total. The highest BCUT2D eigenvalue weighted by Gasteiger charge is 2.38. The lowest BCUT2D eigenvalue weighted by Gasteiger charge is -2.22. The molecule has 24 heavy (non-hydrogen) atoms. The van der Waals surface area contributed by atoms with Crippen LogP contribution in [0.1, 0.15) is 49.9 Å². The van der Waals surface area contributed by atoms with Gasteiger partial charge in [0.2, 0.25) is 0 Å². The van der Waals surface area contributed by atoms with Crippen molar-refractivity contribution in [3.8, 4) is 0 Å². The Balaban J connectivity index is 1.75. The molecule has 0 saturated heterocycles. The van der Waals surface area contributed by atoms with Crippen molar-refractivity contribution in [2.45, 2.75) is 64.2 Å². The molecule has 1 heterocycles. The third-order valence-corrected chi connectivity index (χ3v) is 4.63. The number of carbonyl (C=O) groups excluding carboxylic acids is 1. The molecule has 1 fully saturated rings. The van der Waals surface area contributed by atoms with Crippen LogP contribution in [0.3, 0.4) is 0 Å². The summed E-state index contributed by atoms with van der Waals surface area (Å²) in [7, 11) is 0. The van der Waals surface area contributed by atoms with Crippen LogP contribution in [0, 0.1) is 6.92 Å². The number of alkyl halides is 3. The van der Waals surface area contributed by atoms with E-state index in [0.29, 0.717) is 13.0 Å². The van der Waals surface area contributed by atoms with E-state index < -0.39 is 11.9 Å². The highest BCUT2D eigenvalue weighted by Crippen LogP contribution is 2.35. The second-order valence-corrected chi connectivity index (χ2v) is 6.44. The maximum atomic E-state index is 12.7. The Morgan fingerprint density at radius 2 is 2.00 bits per heavy atom. The molecule has 0 atom stereocenters. The summed E-state index contributed by atoms with van der Waals surface area (Å²) in [6.07, 6.45) is 1.37. The molecule has 1 saturated carbocycles. The number of hydrogen-bond acceptors (Lipinski definition) is 2. The first-order chi connectivity index (χ1) is 11.3. The number of carbonyl (C=O) groups is 1. The van der Waals surface area contributed by atoms with Crippen molar-refractivity contribution in [3.05, 3.63) is 16.4 Å². The number of rotatable bonds is 5. The van der Waals surface area contributed by atoms with Crippen LogP contribution in [0.4, 0.5) is 18.0 Å². The van der Waals surface area contributed by atoms with Crippen molar-refractivity contribution in [1.82, 2.24) is 20.4 Å². The maximum Gasteiger partial charge on any atom is 0.436 e. The number of aromatic nitrogens is 2. The van der Waals surface area contributed by atoms with Gasteiger partial charge in [-0.25, -0.2) is 4.79 Å². The van der Waals surface area contributed by atoms with Gasteiger partial charge in [-0.15, -0.1) is 0 Å². The van der Waals surface area contributed by atoms with E-state index in [2.05, 4.69) is 15.7 Å².